The Morgan fingerprint density at radius 2 is 1.77 bits per heavy atom. The number of alkyl halides is 3. The molecule has 2 aliphatic heterocycles. The maximum Gasteiger partial charge on any atom is 0.471 e. The summed E-state index contributed by atoms with van der Waals surface area (Å²) in [5, 5.41) is 2.90. The number of piperidine rings is 1. The molecule has 0 bridgehead atoms. The molecule has 2 fully saturated rings. The lowest BCUT2D eigenvalue weighted by Crippen LogP contribution is -2.47. The van der Waals surface area contributed by atoms with Gasteiger partial charge in [-0.25, -0.2) is 0 Å². The molecule has 8 heteroatoms. The SMILES string of the molecule is CN1CCC(CNC(=O)C2CCN(C(=O)C(F)(F)F)CC2)C1. The molecule has 126 valence electrons. The molecule has 1 N–H and O–H groups in total. The Balaban J connectivity index is 1.72. The van der Waals surface area contributed by atoms with Crippen LogP contribution in [-0.4, -0.2) is 67.6 Å². The highest BCUT2D eigenvalue weighted by Gasteiger charge is 2.43. The van der Waals surface area contributed by atoms with Crippen molar-refractivity contribution in [3.63, 3.8) is 0 Å². The first-order valence-electron chi connectivity index (χ1n) is 7.59. The van der Waals surface area contributed by atoms with Crippen molar-refractivity contribution < 1.29 is 22.8 Å². The van der Waals surface area contributed by atoms with E-state index in [9.17, 15) is 22.8 Å². The Bertz CT molecular complexity index is 420. The number of nitrogens with zero attached hydrogens (tertiary/aromatic N) is 2. The fourth-order valence-electron chi connectivity index (χ4n) is 3.11. The molecule has 0 aliphatic carbocycles. The van der Waals surface area contributed by atoms with Crippen LogP contribution in [0.15, 0.2) is 0 Å². The second-order valence-electron chi connectivity index (χ2n) is 6.23. The van der Waals surface area contributed by atoms with Crippen molar-refractivity contribution in [3.05, 3.63) is 0 Å². The van der Waals surface area contributed by atoms with Gasteiger partial charge in [-0.1, -0.05) is 0 Å². The summed E-state index contributed by atoms with van der Waals surface area (Å²) >= 11 is 0. The molecular formula is C14H22F3N3O2. The van der Waals surface area contributed by atoms with E-state index >= 15 is 0 Å². The smallest absolute Gasteiger partial charge is 0.356 e. The highest BCUT2D eigenvalue weighted by atomic mass is 19.4. The van der Waals surface area contributed by atoms with Gasteiger partial charge in [0.2, 0.25) is 5.91 Å². The molecular weight excluding hydrogens is 299 g/mol. The second-order valence-corrected chi connectivity index (χ2v) is 6.23. The monoisotopic (exact) mass is 321 g/mol. The molecule has 5 nitrogen and oxygen atoms in total. The zero-order valence-electron chi connectivity index (χ0n) is 12.7. The number of carbonyl (C=O) groups is 2. The van der Waals surface area contributed by atoms with Crippen molar-refractivity contribution in [1.82, 2.24) is 15.1 Å². The van der Waals surface area contributed by atoms with E-state index in [1.165, 1.54) is 0 Å². The van der Waals surface area contributed by atoms with Crippen LogP contribution in [0.25, 0.3) is 0 Å². The van der Waals surface area contributed by atoms with Crippen molar-refractivity contribution >= 4 is 11.8 Å². The molecule has 1 unspecified atom stereocenters. The van der Waals surface area contributed by atoms with Crippen molar-refractivity contribution in [1.29, 1.82) is 0 Å². The number of rotatable bonds is 3. The number of nitrogens with one attached hydrogen (secondary N) is 1. The quantitative estimate of drug-likeness (QED) is 0.839. The van der Waals surface area contributed by atoms with E-state index in [1.807, 2.05) is 7.05 Å². The predicted octanol–water partition coefficient (Wildman–Crippen LogP) is 0.855. The molecule has 1 atom stereocenters. The summed E-state index contributed by atoms with van der Waals surface area (Å²) in [5.41, 5.74) is 0. The molecule has 0 aromatic rings. The van der Waals surface area contributed by atoms with Crippen molar-refractivity contribution in [2.24, 2.45) is 11.8 Å². The Kier molecular flexibility index (Phi) is 5.31. The molecule has 2 aliphatic rings. The Hall–Kier alpha value is -1.31. The number of hydrogen-bond donors (Lipinski definition) is 1. The third-order valence-electron chi connectivity index (χ3n) is 4.45. The average molecular weight is 321 g/mol. The predicted molar refractivity (Wildman–Crippen MR) is 74.0 cm³/mol. The molecule has 0 aromatic carbocycles. The highest BCUT2D eigenvalue weighted by Crippen LogP contribution is 2.24. The van der Waals surface area contributed by atoms with Gasteiger partial charge in [0.1, 0.15) is 0 Å². The largest absolute Gasteiger partial charge is 0.471 e. The first-order chi connectivity index (χ1) is 10.3. The first kappa shape index (κ1) is 17.1. The summed E-state index contributed by atoms with van der Waals surface area (Å²) < 4.78 is 37.0. The molecule has 2 heterocycles. The minimum Gasteiger partial charge on any atom is -0.356 e. The third-order valence-corrected chi connectivity index (χ3v) is 4.45. The van der Waals surface area contributed by atoms with Gasteiger partial charge < -0.3 is 15.1 Å². The van der Waals surface area contributed by atoms with E-state index in [1.54, 1.807) is 0 Å². The van der Waals surface area contributed by atoms with Crippen LogP contribution in [0.5, 0.6) is 0 Å². The van der Waals surface area contributed by atoms with Gasteiger partial charge in [-0.3, -0.25) is 9.59 Å². The van der Waals surface area contributed by atoms with E-state index in [0.29, 0.717) is 12.5 Å². The zero-order chi connectivity index (χ0) is 16.3. The summed E-state index contributed by atoms with van der Waals surface area (Å²) in [5.74, 6) is -1.76. The van der Waals surface area contributed by atoms with Crippen LogP contribution in [0, 0.1) is 11.8 Å². The molecule has 2 amide bonds. The summed E-state index contributed by atoms with van der Waals surface area (Å²) in [6.45, 7) is 2.58. The topological polar surface area (TPSA) is 52.7 Å². The van der Waals surface area contributed by atoms with Crippen LogP contribution in [0.4, 0.5) is 13.2 Å². The fourth-order valence-corrected chi connectivity index (χ4v) is 3.11. The fraction of sp³-hybridized carbons (Fsp3) is 0.857. The highest BCUT2D eigenvalue weighted by molar-refractivity contribution is 5.83. The van der Waals surface area contributed by atoms with Crippen LogP contribution in [-0.2, 0) is 9.59 Å². The van der Waals surface area contributed by atoms with Gasteiger partial charge >= 0.3 is 12.1 Å². The number of halogens is 3. The lowest BCUT2D eigenvalue weighted by atomic mass is 9.95. The molecule has 0 saturated carbocycles. The maximum absolute atomic E-state index is 12.3. The van der Waals surface area contributed by atoms with Crippen LogP contribution in [0.3, 0.4) is 0 Å². The van der Waals surface area contributed by atoms with Crippen LogP contribution in [0.2, 0.25) is 0 Å². The van der Waals surface area contributed by atoms with E-state index < -0.39 is 12.1 Å². The number of likely N-dealkylation sites (tertiary alicyclic amines) is 2. The Morgan fingerprint density at radius 3 is 2.27 bits per heavy atom. The van der Waals surface area contributed by atoms with E-state index in [2.05, 4.69) is 10.2 Å². The van der Waals surface area contributed by atoms with Crippen molar-refractivity contribution in [3.8, 4) is 0 Å². The lowest BCUT2D eigenvalue weighted by molar-refractivity contribution is -0.186. The second kappa shape index (κ2) is 6.85. The molecule has 22 heavy (non-hydrogen) atoms. The Labute approximate surface area is 127 Å². The van der Waals surface area contributed by atoms with Crippen LogP contribution in [0.1, 0.15) is 19.3 Å². The molecule has 2 saturated heterocycles. The molecule has 0 radical (unpaired) electrons. The lowest BCUT2D eigenvalue weighted by Gasteiger charge is -2.31. The third kappa shape index (κ3) is 4.34. The minimum absolute atomic E-state index is 0.0113. The number of hydrogen-bond acceptors (Lipinski definition) is 3. The van der Waals surface area contributed by atoms with Gasteiger partial charge in [-0.15, -0.1) is 0 Å². The normalized spacial score (nSPS) is 24.5. The van der Waals surface area contributed by atoms with Crippen LogP contribution < -0.4 is 5.32 Å². The van der Waals surface area contributed by atoms with Gasteiger partial charge in [0, 0.05) is 32.1 Å². The van der Waals surface area contributed by atoms with E-state index in [0.717, 1.165) is 24.4 Å². The maximum atomic E-state index is 12.3. The number of carbonyl (C=O) groups excluding carboxylic acids is 2. The Morgan fingerprint density at radius 1 is 1.14 bits per heavy atom. The van der Waals surface area contributed by atoms with E-state index in [-0.39, 0.29) is 37.8 Å². The summed E-state index contributed by atoms with van der Waals surface area (Å²) in [4.78, 5) is 26.2. The van der Waals surface area contributed by atoms with Crippen molar-refractivity contribution in [2.75, 3.05) is 39.8 Å². The minimum atomic E-state index is -4.83. The molecule has 2 rings (SSSR count). The summed E-state index contributed by atoms with van der Waals surface area (Å²) in [6, 6.07) is 0. The van der Waals surface area contributed by atoms with E-state index in [4.69, 9.17) is 0 Å². The van der Waals surface area contributed by atoms with Gasteiger partial charge in [-0.05, 0) is 38.8 Å². The zero-order valence-corrected chi connectivity index (χ0v) is 12.7. The molecule has 0 spiro atoms. The summed E-state index contributed by atoms with van der Waals surface area (Å²) in [7, 11) is 2.04. The summed E-state index contributed by atoms with van der Waals surface area (Å²) in [6.07, 6.45) is -3.20. The van der Waals surface area contributed by atoms with Crippen LogP contribution >= 0.6 is 0 Å². The van der Waals surface area contributed by atoms with Crippen molar-refractivity contribution in [2.45, 2.75) is 25.4 Å². The first-order valence-corrected chi connectivity index (χ1v) is 7.59. The number of amides is 2. The van der Waals surface area contributed by atoms with Gasteiger partial charge in [0.25, 0.3) is 0 Å². The average Bonchev–Trinajstić information content (AvgIpc) is 2.89. The molecule has 0 aromatic heterocycles. The van der Waals surface area contributed by atoms with Gasteiger partial charge in [0.15, 0.2) is 0 Å². The van der Waals surface area contributed by atoms with Gasteiger partial charge in [0.05, 0.1) is 0 Å². The van der Waals surface area contributed by atoms with Gasteiger partial charge in [-0.2, -0.15) is 13.2 Å². The standard InChI is InChI=1S/C14H22F3N3O2/c1-19-5-2-10(9-19)8-18-12(21)11-3-6-20(7-4-11)13(22)14(15,16)17/h10-11H,2-9H2,1H3,(H,18,21).